The Hall–Kier alpha value is -2.47. The molecule has 1 atom stereocenters. The maximum atomic E-state index is 12.5. The van der Waals surface area contributed by atoms with Gasteiger partial charge in [-0.1, -0.05) is 19.1 Å². The monoisotopic (exact) mass is 384 g/mol. The van der Waals surface area contributed by atoms with Crippen LogP contribution >= 0.6 is 0 Å². The molecule has 0 aliphatic carbocycles. The topological polar surface area (TPSA) is 63.9 Å². The predicted molar refractivity (Wildman–Crippen MR) is 106 cm³/mol. The van der Waals surface area contributed by atoms with Crippen molar-refractivity contribution >= 4 is 5.91 Å². The summed E-state index contributed by atoms with van der Waals surface area (Å²) in [6.07, 6.45) is 3.92. The van der Waals surface area contributed by atoms with Gasteiger partial charge in [0.2, 0.25) is 0 Å². The molecular formula is C22H28N2O4. The Bertz CT molecular complexity index is 811. The van der Waals surface area contributed by atoms with Crippen LogP contribution in [0.5, 0.6) is 11.5 Å². The maximum absolute atomic E-state index is 12.5. The molecule has 2 aromatic rings. The zero-order valence-electron chi connectivity index (χ0n) is 16.4. The highest BCUT2D eigenvalue weighted by molar-refractivity contribution is 5.91. The van der Waals surface area contributed by atoms with Crippen LogP contribution < -0.4 is 14.8 Å². The summed E-state index contributed by atoms with van der Waals surface area (Å²) in [6, 6.07) is 9.55. The van der Waals surface area contributed by atoms with Gasteiger partial charge in [-0.3, -0.25) is 9.69 Å². The number of nitrogens with one attached hydrogen (secondary N) is 1. The van der Waals surface area contributed by atoms with Gasteiger partial charge in [-0.2, -0.15) is 0 Å². The van der Waals surface area contributed by atoms with Crippen LogP contribution in [0.25, 0.3) is 0 Å². The van der Waals surface area contributed by atoms with E-state index < -0.39 is 0 Å². The second-order valence-electron chi connectivity index (χ2n) is 7.44. The van der Waals surface area contributed by atoms with E-state index in [0.29, 0.717) is 25.3 Å². The minimum Gasteiger partial charge on any atom is -0.486 e. The number of hydrogen-bond donors (Lipinski definition) is 1. The third-order valence-electron chi connectivity index (χ3n) is 5.35. The van der Waals surface area contributed by atoms with Crippen LogP contribution in [0.2, 0.25) is 0 Å². The average molecular weight is 384 g/mol. The van der Waals surface area contributed by atoms with Crippen molar-refractivity contribution in [1.29, 1.82) is 0 Å². The van der Waals surface area contributed by atoms with E-state index >= 15 is 0 Å². The number of fused-ring (bicyclic) bond motifs is 1. The molecule has 2 aliphatic heterocycles. The number of para-hydroxylation sites is 2. The molecule has 0 bridgehead atoms. The zero-order chi connectivity index (χ0) is 19.3. The number of furan rings is 1. The Kier molecular flexibility index (Phi) is 5.86. The van der Waals surface area contributed by atoms with Gasteiger partial charge >= 0.3 is 0 Å². The third-order valence-corrected chi connectivity index (χ3v) is 5.35. The SMILES string of the molecule is CCc1oc(C(=O)NCCC2COc3ccccc3O2)cc1CN1CCCC1. The maximum Gasteiger partial charge on any atom is 0.287 e. The van der Waals surface area contributed by atoms with E-state index in [9.17, 15) is 4.79 Å². The van der Waals surface area contributed by atoms with Gasteiger partial charge in [0.25, 0.3) is 5.91 Å². The largest absolute Gasteiger partial charge is 0.486 e. The molecule has 1 amide bonds. The number of ether oxygens (including phenoxy) is 2. The van der Waals surface area contributed by atoms with E-state index in [2.05, 4.69) is 17.1 Å². The zero-order valence-corrected chi connectivity index (χ0v) is 16.4. The van der Waals surface area contributed by atoms with Crippen LogP contribution in [0.3, 0.4) is 0 Å². The van der Waals surface area contributed by atoms with Crippen molar-refractivity contribution < 1.29 is 18.7 Å². The molecule has 1 fully saturated rings. The quantitative estimate of drug-likeness (QED) is 0.793. The van der Waals surface area contributed by atoms with Crippen molar-refractivity contribution in [2.45, 2.75) is 45.3 Å². The van der Waals surface area contributed by atoms with Gasteiger partial charge in [-0.05, 0) is 44.1 Å². The number of carbonyl (C=O) groups excluding carboxylic acids is 1. The minimum absolute atomic E-state index is 0.0660. The molecule has 2 aliphatic rings. The van der Waals surface area contributed by atoms with E-state index in [1.54, 1.807) is 0 Å². The minimum atomic E-state index is -0.167. The highest BCUT2D eigenvalue weighted by Crippen LogP contribution is 2.31. The molecule has 150 valence electrons. The number of likely N-dealkylation sites (tertiary alicyclic amines) is 1. The lowest BCUT2D eigenvalue weighted by atomic mass is 10.2. The van der Waals surface area contributed by atoms with E-state index in [4.69, 9.17) is 13.9 Å². The van der Waals surface area contributed by atoms with Crippen LogP contribution in [-0.4, -0.2) is 43.2 Å². The molecule has 3 heterocycles. The molecule has 0 radical (unpaired) electrons. The van der Waals surface area contributed by atoms with Crippen LogP contribution in [-0.2, 0) is 13.0 Å². The van der Waals surface area contributed by atoms with Crippen LogP contribution in [0, 0.1) is 0 Å². The molecule has 4 rings (SSSR count). The highest BCUT2D eigenvalue weighted by Gasteiger charge is 2.22. The van der Waals surface area contributed by atoms with Crippen molar-refractivity contribution in [3.05, 3.63) is 47.4 Å². The van der Waals surface area contributed by atoms with Gasteiger partial charge in [0.15, 0.2) is 17.3 Å². The van der Waals surface area contributed by atoms with Crippen LogP contribution in [0.4, 0.5) is 0 Å². The first-order chi connectivity index (χ1) is 13.7. The second kappa shape index (κ2) is 8.69. The summed E-state index contributed by atoms with van der Waals surface area (Å²) in [5.41, 5.74) is 1.13. The molecule has 1 saturated heterocycles. The second-order valence-corrected chi connectivity index (χ2v) is 7.44. The molecule has 1 unspecified atom stereocenters. The molecule has 1 aromatic heterocycles. The normalized spacial score (nSPS) is 19.0. The summed E-state index contributed by atoms with van der Waals surface area (Å²) in [6.45, 7) is 6.19. The third kappa shape index (κ3) is 4.33. The standard InChI is InChI=1S/C22H28N2O4/c1-2-18-16(14-24-11-5-6-12-24)13-21(28-18)22(25)23-10-9-17-15-26-19-7-3-4-8-20(19)27-17/h3-4,7-8,13,17H,2,5-6,9-12,14-15H2,1H3,(H,23,25). The van der Waals surface area contributed by atoms with E-state index in [-0.39, 0.29) is 12.0 Å². The fourth-order valence-corrected chi connectivity index (χ4v) is 3.83. The number of aryl methyl sites for hydroxylation is 1. The number of hydrogen-bond acceptors (Lipinski definition) is 5. The van der Waals surface area contributed by atoms with Crippen molar-refractivity contribution in [3.8, 4) is 11.5 Å². The van der Waals surface area contributed by atoms with Crippen molar-refractivity contribution in [2.75, 3.05) is 26.2 Å². The van der Waals surface area contributed by atoms with E-state index in [1.807, 2.05) is 30.3 Å². The first-order valence-electron chi connectivity index (χ1n) is 10.2. The fourth-order valence-electron chi connectivity index (χ4n) is 3.83. The Labute approximate surface area is 165 Å². The highest BCUT2D eigenvalue weighted by atomic mass is 16.6. The number of rotatable bonds is 7. The van der Waals surface area contributed by atoms with Gasteiger partial charge in [0.05, 0.1) is 0 Å². The lowest BCUT2D eigenvalue weighted by Gasteiger charge is -2.26. The van der Waals surface area contributed by atoms with E-state index in [0.717, 1.165) is 48.9 Å². The number of amides is 1. The molecular weight excluding hydrogens is 356 g/mol. The first kappa shape index (κ1) is 18.9. The lowest BCUT2D eigenvalue weighted by molar-refractivity contribution is 0.0803. The summed E-state index contributed by atoms with van der Waals surface area (Å²) in [5.74, 6) is 2.68. The lowest BCUT2D eigenvalue weighted by Crippen LogP contribution is -2.34. The smallest absolute Gasteiger partial charge is 0.287 e. The fraction of sp³-hybridized carbons (Fsp3) is 0.500. The number of carbonyl (C=O) groups is 1. The summed E-state index contributed by atoms with van der Waals surface area (Å²) < 4.78 is 17.5. The van der Waals surface area contributed by atoms with Gasteiger partial charge in [-0.15, -0.1) is 0 Å². The Balaban J connectivity index is 1.28. The van der Waals surface area contributed by atoms with E-state index in [1.165, 1.54) is 12.8 Å². The summed E-state index contributed by atoms with van der Waals surface area (Å²) in [7, 11) is 0. The summed E-state index contributed by atoms with van der Waals surface area (Å²) in [4.78, 5) is 14.9. The molecule has 0 spiro atoms. The van der Waals surface area contributed by atoms with Gasteiger partial charge < -0.3 is 19.2 Å². The number of nitrogens with zero attached hydrogens (tertiary/aromatic N) is 1. The molecule has 1 aromatic carbocycles. The van der Waals surface area contributed by atoms with Crippen LogP contribution in [0.1, 0.15) is 48.1 Å². The number of benzene rings is 1. The molecule has 0 saturated carbocycles. The van der Waals surface area contributed by atoms with Gasteiger partial charge in [0, 0.05) is 31.5 Å². The van der Waals surface area contributed by atoms with Crippen LogP contribution in [0.15, 0.2) is 34.7 Å². The molecule has 28 heavy (non-hydrogen) atoms. The van der Waals surface area contributed by atoms with Crippen molar-refractivity contribution in [1.82, 2.24) is 10.2 Å². The summed E-state index contributed by atoms with van der Waals surface area (Å²) in [5, 5.41) is 2.95. The first-order valence-corrected chi connectivity index (χ1v) is 10.2. The molecule has 6 nitrogen and oxygen atoms in total. The van der Waals surface area contributed by atoms with Gasteiger partial charge in [-0.25, -0.2) is 0 Å². The van der Waals surface area contributed by atoms with Crippen molar-refractivity contribution in [3.63, 3.8) is 0 Å². The predicted octanol–water partition coefficient (Wildman–Crippen LogP) is 3.40. The van der Waals surface area contributed by atoms with Crippen molar-refractivity contribution in [2.24, 2.45) is 0 Å². The average Bonchev–Trinajstić information content (AvgIpc) is 3.38. The molecule has 1 N–H and O–H groups in total. The van der Waals surface area contributed by atoms with Gasteiger partial charge in [0.1, 0.15) is 18.5 Å². The Morgan fingerprint density at radius 1 is 1.21 bits per heavy atom. The molecule has 6 heteroatoms. The Morgan fingerprint density at radius 3 is 2.79 bits per heavy atom. The Morgan fingerprint density at radius 2 is 2.00 bits per heavy atom. The summed E-state index contributed by atoms with van der Waals surface area (Å²) >= 11 is 0.